The quantitative estimate of drug-likeness (QED) is 0.239. The molecule has 0 nitrogen and oxygen atoms in total. The number of hydrogen-bond acceptors (Lipinski definition) is 0. The molecular formula is C26H19I. The lowest BCUT2D eigenvalue weighted by atomic mass is 10.00. The van der Waals surface area contributed by atoms with Crippen LogP contribution in [-0.2, 0) is 12.8 Å². The Morgan fingerprint density at radius 1 is 0.630 bits per heavy atom. The van der Waals surface area contributed by atoms with E-state index in [1.165, 1.54) is 31.0 Å². The van der Waals surface area contributed by atoms with Gasteiger partial charge in [0.1, 0.15) is 0 Å². The third-order valence-corrected chi connectivity index (χ3v) is 5.31. The van der Waals surface area contributed by atoms with Gasteiger partial charge in [0.25, 0.3) is 0 Å². The molecule has 130 valence electrons. The van der Waals surface area contributed by atoms with Crippen LogP contribution in [0.4, 0.5) is 0 Å². The molecule has 0 saturated carbocycles. The fourth-order valence-electron chi connectivity index (χ4n) is 3.17. The van der Waals surface area contributed by atoms with E-state index in [0.29, 0.717) is 0 Å². The first-order valence-electron chi connectivity index (χ1n) is 9.06. The third-order valence-electron chi connectivity index (χ3n) is 4.59. The monoisotopic (exact) mass is 458 g/mol. The molecule has 0 amide bonds. The van der Waals surface area contributed by atoms with Crippen LogP contribution < -0.4 is 0 Å². The molecule has 0 bridgehead atoms. The first-order chi connectivity index (χ1) is 13.3. The van der Waals surface area contributed by atoms with Crippen LogP contribution in [0.2, 0.25) is 0 Å². The maximum atomic E-state index is 3.31. The number of benzene rings is 4. The van der Waals surface area contributed by atoms with E-state index in [4.69, 9.17) is 0 Å². The van der Waals surface area contributed by atoms with E-state index >= 15 is 0 Å². The second kappa shape index (κ2) is 8.41. The summed E-state index contributed by atoms with van der Waals surface area (Å²) < 4.78 is 1.27. The van der Waals surface area contributed by atoms with Crippen LogP contribution in [0.5, 0.6) is 0 Å². The van der Waals surface area contributed by atoms with Crippen LogP contribution in [0.3, 0.4) is 0 Å². The van der Waals surface area contributed by atoms with Gasteiger partial charge in [0.2, 0.25) is 0 Å². The zero-order chi connectivity index (χ0) is 18.5. The Bertz CT molecular complexity index is 1110. The summed E-state index contributed by atoms with van der Waals surface area (Å²) in [5.74, 6) is 6.60. The van der Waals surface area contributed by atoms with Crippen molar-refractivity contribution in [3.05, 3.63) is 117 Å². The topological polar surface area (TPSA) is 0 Å². The van der Waals surface area contributed by atoms with Crippen LogP contribution >= 0.6 is 22.6 Å². The molecule has 0 aliphatic heterocycles. The fraction of sp³-hybridized carbons (Fsp3) is 0.0769. The molecular weight excluding hydrogens is 439 g/mol. The number of fused-ring (bicyclic) bond motifs is 1. The highest BCUT2D eigenvalue weighted by molar-refractivity contribution is 14.1. The molecule has 4 rings (SSSR count). The summed E-state index contributed by atoms with van der Waals surface area (Å²) in [6.07, 6.45) is 1.74. The van der Waals surface area contributed by atoms with Crippen molar-refractivity contribution in [2.24, 2.45) is 0 Å². The number of rotatable bonds is 3. The first kappa shape index (κ1) is 17.8. The SMILES string of the molecule is Ic1ccc(Cc2ccc3ccc(C#CCc4ccccc4)cc3c2)cc1. The second-order valence-corrected chi connectivity index (χ2v) is 7.91. The summed E-state index contributed by atoms with van der Waals surface area (Å²) in [5, 5.41) is 2.51. The lowest BCUT2D eigenvalue weighted by molar-refractivity contribution is 1.20. The van der Waals surface area contributed by atoms with Crippen molar-refractivity contribution in [1.82, 2.24) is 0 Å². The molecule has 0 atom stereocenters. The van der Waals surface area contributed by atoms with E-state index in [1.807, 2.05) is 6.07 Å². The predicted molar refractivity (Wildman–Crippen MR) is 123 cm³/mol. The van der Waals surface area contributed by atoms with Crippen molar-refractivity contribution in [2.45, 2.75) is 12.8 Å². The summed E-state index contributed by atoms with van der Waals surface area (Å²) in [6.45, 7) is 0. The molecule has 0 heterocycles. The average Bonchev–Trinajstić information content (AvgIpc) is 2.70. The van der Waals surface area contributed by atoms with E-state index in [2.05, 4.69) is 119 Å². The zero-order valence-electron chi connectivity index (χ0n) is 15.0. The molecule has 27 heavy (non-hydrogen) atoms. The Labute approximate surface area is 174 Å². The maximum absolute atomic E-state index is 3.31. The molecule has 0 aromatic heterocycles. The van der Waals surface area contributed by atoms with E-state index < -0.39 is 0 Å². The molecule has 0 saturated heterocycles. The Kier molecular flexibility index (Phi) is 5.55. The van der Waals surface area contributed by atoms with Gasteiger partial charge in [-0.3, -0.25) is 0 Å². The summed E-state index contributed by atoms with van der Waals surface area (Å²) in [5.41, 5.74) is 5.00. The smallest absolute Gasteiger partial charge is 0.0344 e. The lowest BCUT2D eigenvalue weighted by Gasteiger charge is -2.05. The predicted octanol–water partition coefficient (Wildman–Crippen LogP) is 6.63. The molecule has 0 aliphatic rings. The van der Waals surface area contributed by atoms with Gasteiger partial charge in [0.05, 0.1) is 0 Å². The standard InChI is InChI=1S/C26H19I/c27-26-15-11-22(12-16-26)17-23-10-14-24-13-9-21(18-25(24)19-23)8-4-7-20-5-2-1-3-6-20/h1-3,5-6,9-16,18-19H,7,17H2. The minimum Gasteiger partial charge on any atom is -0.0931 e. The van der Waals surface area contributed by atoms with Crippen molar-refractivity contribution < 1.29 is 0 Å². The van der Waals surface area contributed by atoms with Gasteiger partial charge in [-0.05, 0) is 80.7 Å². The van der Waals surface area contributed by atoms with E-state index in [1.54, 1.807) is 0 Å². The van der Waals surface area contributed by atoms with Crippen molar-refractivity contribution in [2.75, 3.05) is 0 Å². The molecule has 0 spiro atoms. The molecule has 0 unspecified atom stereocenters. The summed E-state index contributed by atoms with van der Waals surface area (Å²) in [4.78, 5) is 0. The van der Waals surface area contributed by atoms with Crippen LogP contribution in [0, 0.1) is 15.4 Å². The molecule has 0 radical (unpaired) electrons. The highest BCUT2D eigenvalue weighted by atomic mass is 127. The van der Waals surface area contributed by atoms with E-state index in [9.17, 15) is 0 Å². The Morgan fingerprint density at radius 2 is 1.37 bits per heavy atom. The van der Waals surface area contributed by atoms with Crippen LogP contribution in [-0.4, -0.2) is 0 Å². The van der Waals surface area contributed by atoms with Crippen molar-refractivity contribution >= 4 is 33.4 Å². The van der Waals surface area contributed by atoms with Crippen LogP contribution in [0.15, 0.2) is 91.0 Å². The fourth-order valence-corrected chi connectivity index (χ4v) is 3.53. The Morgan fingerprint density at radius 3 is 2.19 bits per heavy atom. The lowest BCUT2D eigenvalue weighted by Crippen LogP contribution is -1.89. The molecule has 1 heteroatoms. The van der Waals surface area contributed by atoms with Gasteiger partial charge in [0.15, 0.2) is 0 Å². The van der Waals surface area contributed by atoms with Gasteiger partial charge < -0.3 is 0 Å². The van der Waals surface area contributed by atoms with Crippen LogP contribution in [0.25, 0.3) is 10.8 Å². The molecule has 4 aromatic rings. The zero-order valence-corrected chi connectivity index (χ0v) is 17.1. The van der Waals surface area contributed by atoms with Crippen molar-refractivity contribution in [1.29, 1.82) is 0 Å². The normalized spacial score (nSPS) is 10.4. The Balaban J connectivity index is 1.55. The van der Waals surface area contributed by atoms with Gasteiger partial charge in [-0.25, -0.2) is 0 Å². The first-order valence-corrected chi connectivity index (χ1v) is 10.1. The van der Waals surface area contributed by atoms with E-state index in [0.717, 1.165) is 18.4 Å². The minimum absolute atomic E-state index is 0.783. The molecule has 4 aromatic carbocycles. The Hall–Kier alpha value is -2.57. The van der Waals surface area contributed by atoms with Gasteiger partial charge in [-0.2, -0.15) is 0 Å². The van der Waals surface area contributed by atoms with Gasteiger partial charge in [0, 0.05) is 15.6 Å². The largest absolute Gasteiger partial charge is 0.0931 e. The molecule has 0 N–H and O–H groups in total. The van der Waals surface area contributed by atoms with Gasteiger partial charge >= 0.3 is 0 Å². The maximum Gasteiger partial charge on any atom is 0.0344 e. The minimum atomic E-state index is 0.783. The molecule has 0 fully saturated rings. The van der Waals surface area contributed by atoms with Gasteiger partial charge in [-0.1, -0.05) is 78.6 Å². The summed E-state index contributed by atoms with van der Waals surface area (Å²) in [6, 6.07) is 32.3. The van der Waals surface area contributed by atoms with Crippen molar-refractivity contribution in [3.8, 4) is 11.8 Å². The van der Waals surface area contributed by atoms with E-state index in [-0.39, 0.29) is 0 Å². The highest BCUT2D eigenvalue weighted by Gasteiger charge is 2.00. The van der Waals surface area contributed by atoms with Crippen LogP contribution in [0.1, 0.15) is 22.3 Å². The summed E-state index contributed by atoms with van der Waals surface area (Å²) in [7, 11) is 0. The second-order valence-electron chi connectivity index (χ2n) is 6.66. The molecule has 0 aliphatic carbocycles. The number of halogens is 1. The van der Waals surface area contributed by atoms with Gasteiger partial charge in [-0.15, -0.1) is 0 Å². The highest BCUT2D eigenvalue weighted by Crippen LogP contribution is 2.20. The third kappa shape index (κ3) is 4.78. The number of hydrogen-bond donors (Lipinski definition) is 0. The average molecular weight is 458 g/mol. The summed E-state index contributed by atoms with van der Waals surface area (Å²) >= 11 is 2.34. The van der Waals surface area contributed by atoms with Crippen molar-refractivity contribution in [3.63, 3.8) is 0 Å².